The van der Waals surface area contributed by atoms with E-state index >= 15 is 0 Å². The van der Waals surface area contributed by atoms with Crippen molar-refractivity contribution in [2.24, 2.45) is 0 Å². The lowest BCUT2D eigenvalue weighted by Crippen LogP contribution is -2.35. The summed E-state index contributed by atoms with van der Waals surface area (Å²) in [6.45, 7) is 1.67. The molecule has 30 heavy (non-hydrogen) atoms. The molecule has 0 aliphatic carbocycles. The van der Waals surface area contributed by atoms with Gasteiger partial charge in [0, 0.05) is 24.1 Å². The topological polar surface area (TPSA) is 71.1 Å². The molecule has 1 heterocycles. The second kappa shape index (κ2) is 9.61. The van der Waals surface area contributed by atoms with Crippen LogP contribution < -0.4 is 10.6 Å². The number of pyridine rings is 1. The Labute approximate surface area is 177 Å². The summed E-state index contributed by atoms with van der Waals surface area (Å²) in [6.07, 6.45) is -2.54. The molecule has 0 aliphatic rings. The van der Waals surface area contributed by atoms with Crippen LogP contribution in [0.15, 0.2) is 24.4 Å². The Morgan fingerprint density at radius 2 is 1.87 bits per heavy atom. The van der Waals surface area contributed by atoms with E-state index in [1.807, 2.05) is 5.32 Å². The van der Waals surface area contributed by atoms with Gasteiger partial charge in [0.15, 0.2) is 0 Å². The minimum atomic E-state index is -4.73. The van der Waals surface area contributed by atoms with Crippen molar-refractivity contribution >= 4 is 40.9 Å². The van der Waals surface area contributed by atoms with E-state index in [9.17, 15) is 31.5 Å². The molecule has 0 spiro atoms. The van der Waals surface area contributed by atoms with E-state index in [0.717, 1.165) is 6.07 Å². The van der Waals surface area contributed by atoms with Gasteiger partial charge in [0.25, 0.3) is 11.8 Å². The number of benzene rings is 1. The van der Waals surface area contributed by atoms with Crippen molar-refractivity contribution in [3.8, 4) is 0 Å². The minimum absolute atomic E-state index is 0.339. The Hall–Kier alpha value is -2.40. The lowest BCUT2D eigenvalue weighted by Gasteiger charge is -2.16. The number of alkyl halides is 3. The first-order valence-corrected chi connectivity index (χ1v) is 10.0. The number of nitrogens with zero attached hydrogens (tertiary/aromatic N) is 1. The molecule has 1 aromatic carbocycles. The van der Waals surface area contributed by atoms with Gasteiger partial charge in [-0.15, -0.1) is 0 Å². The molecule has 2 aromatic rings. The van der Waals surface area contributed by atoms with Crippen LogP contribution in [0.2, 0.25) is 5.02 Å². The van der Waals surface area contributed by atoms with Crippen molar-refractivity contribution in [1.82, 2.24) is 10.3 Å². The zero-order valence-electron chi connectivity index (χ0n) is 15.5. The summed E-state index contributed by atoms with van der Waals surface area (Å²) < 4.78 is 66.1. The fraction of sp³-hybridized carbons (Fsp3) is 0.278. The zero-order valence-corrected chi connectivity index (χ0v) is 17.1. The van der Waals surface area contributed by atoms with Crippen molar-refractivity contribution in [3.63, 3.8) is 0 Å². The Bertz CT molecular complexity index is 972. The lowest BCUT2D eigenvalue weighted by atomic mass is 10.1. The van der Waals surface area contributed by atoms with Gasteiger partial charge in [0.2, 0.25) is 0 Å². The van der Waals surface area contributed by atoms with Crippen LogP contribution in [0.5, 0.6) is 0 Å². The molecule has 12 heteroatoms. The second-order valence-corrected chi connectivity index (χ2v) is 7.46. The van der Waals surface area contributed by atoms with Crippen molar-refractivity contribution in [3.05, 3.63) is 57.9 Å². The Morgan fingerprint density at radius 1 is 1.20 bits per heavy atom. The summed E-state index contributed by atoms with van der Waals surface area (Å²) in [7, 11) is 0. The maximum atomic E-state index is 14.3. The summed E-state index contributed by atoms with van der Waals surface area (Å²) >= 11 is 7.14. The van der Waals surface area contributed by atoms with E-state index < -0.39 is 57.2 Å². The number of hydrogen-bond donors (Lipinski definition) is 2. The maximum Gasteiger partial charge on any atom is 0.417 e. The number of carbonyl (C=O) groups excluding carboxylic acids is 2. The molecule has 2 rings (SSSR count). The molecule has 0 fully saturated rings. The second-order valence-electron chi connectivity index (χ2n) is 6.15. The summed E-state index contributed by atoms with van der Waals surface area (Å²) in [4.78, 5) is 28.2. The largest absolute Gasteiger partial charge is 0.417 e. The minimum Gasteiger partial charge on any atom is -0.349 e. The third-order valence-corrected chi connectivity index (χ3v) is 4.84. The lowest BCUT2D eigenvalue weighted by molar-refractivity contribution is -0.137. The Kier molecular flexibility index (Phi) is 7.64. The number of anilines is 1. The molecular formula is C18H15ClF5N3O2S. The molecule has 1 aromatic heterocycles. The van der Waals surface area contributed by atoms with Gasteiger partial charge in [-0.25, -0.2) is 13.8 Å². The van der Waals surface area contributed by atoms with Gasteiger partial charge in [-0.05, 0) is 25.3 Å². The predicted molar refractivity (Wildman–Crippen MR) is 104 cm³/mol. The van der Waals surface area contributed by atoms with Gasteiger partial charge in [-0.3, -0.25) is 9.59 Å². The molecule has 2 amide bonds. The molecular weight excluding hydrogens is 453 g/mol. The molecule has 2 N–H and O–H groups in total. The van der Waals surface area contributed by atoms with Gasteiger partial charge in [-0.2, -0.15) is 24.9 Å². The van der Waals surface area contributed by atoms with Crippen LogP contribution in [0.3, 0.4) is 0 Å². The number of hydrogen-bond acceptors (Lipinski definition) is 4. The van der Waals surface area contributed by atoms with Crippen LogP contribution in [0, 0.1) is 11.6 Å². The molecule has 0 aliphatic heterocycles. The van der Waals surface area contributed by atoms with Crippen molar-refractivity contribution in [2.75, 3.05) is 17.3 Å². The average molecular weight is 468 g/mol. The van der Waals surface area contributed by atoms with Crippen LogP contribution in [0.4, 0.5) is 27.6 Å². The quantitative estimate of drug-likeness (QED) is 0.601. The molecule has 0 bridgehead atoms. The summed E-state index contributed by atoms with van der Waals surface area (Å²) in [5.41, 5.74) is -2.97. The zero-order chi connectivity index (χ0) is 22.6. The highest BCUT2D eigenvalue weighted by atomic mass is 35.5. The third kappa shape index (κ3) is 5.82. The fourth-order valence-corrected chi connectivity index (χ4v) is 3.24. The van der Waals surface area contributed by atoms with E-state index in [1.165, 1.54) is 11.8 Å². The average Bonchev–Trinajstić information content (AvgIpc) is 2.62. The van der Waals surface area contributed by atoms with Crippen LogP contribution in [0.25, 0.3) is 0 Å². The first-order chi connectivity index (χ1) is 13.9. The SMILES string of the molecule is CSC[C@H](C)NC(=O)c1cc(F)cc(F)c1NC(=O)c1ncc(C(F)(F)F)cc1Cl. The molecule has 0 saturated heterocycles. The number of rotatable bonds is 6. The number of nitrogens with one attached hydrogen (secondary N) is 2. The van der Waals surface area contributed by atoms with Crippen molar-refractivity contribution in [1.29, 1.82) is 0 Å². The molecule has 0 saturated carbocycles. The van der Waals surface area contributed by atoms with Gasteiger partial charge >= 0.3 is 6.18 Å². The van der Waals surface area contributed by atoms with E-state index in [2.05, 4.69) is 10.3 Å². The van der Waals surface area contributed by atoms with Crippen molar-refractivity contribution < 1.29 is 31.5 Å². The molecule has 1 atom stereocenters. The van der Waals surface area contributed by atoms with Gasteiger partial charge < -0.3 is 10.6 Å². The molecule has 0 radical (unpaired) electrons. The van der Waals surface area contributed by atoms with Crippen LogP contribution >= 0.6 is 23.4 Å². The summed E-state index contributed by atoms with van der Waals surface area (Å²) in [6, 6.07) is 1.32. The van der Waals surface area contributed by atoms with Crippen molar-refractivity contribution in [2.45, 2.75) is 19.1 Å². The standard InChI is InChI=1S/C18H15ClF5N3O2S/c1-8(7-30-2)26-16(28)11-4-10(20)5-13(21)14(11)27-17(29)15-12(19)3-9(6-25-15)18(22,23)24/h3-6,8H,7H2,1-2H3,(H,26,28)(H,27,29)/t8-/m0/s1. The first-order valence-electron chi connectivity index (χ1n) is 8.27. The van der Waals surface area contributed by atoms with Crippen LogP contribution in [-0.4, -0.2) is 34.8 Å². The highest BCUT2D eigenvalue weighted by Gasteiger charge is 2.32. The van der Waals surface area contributed by atoms with Gasteiger partial charge in [0.1, 0.15) is 17.3 Å². The number of thioether (sulfide) groups is 1. The van der Waals surface area contributed by atoms with Gasteiger partial charge in [-0.1, -0.05) is 11.6 Å². The molecule has 0 unspecified atom stereocenters. The molecule has 162 valence electrons. The Balaban J connectivity index is 2.36. The Morgan fingerprint density at radius 3 is 2.43 bits per heavy atom. The monoisotopic (exact) mass is 467 g/mol. The highest BCUT2D eigenvalue weighted by Crippen LogP contribution is 2.31. The number of carbonyl (C=O) groups is 2. The normalized spacial score (nSPS) is 12.4. The smallest absolute Gasteiger partial charge is 0.349 e. The highest BCUT2D eigenvalue weighted by molar-refractivity contribution is 7.98. The summed E-state index contributed by atoms with van der Waals surface area (Å²) in [5.74, 6) is -3.81. The summed E-state index contributed by atoms with van der Waals surface area (Å²) in [5, 5.41) is 3.93. The fourth-order valence-electron chi connectivity index (χ4n) is 2.41. The van der Waals surface area contributed by atoms with E-state index in [0.29, 0.717) is 24.1 Å². The maximum absolute atomic E-state index is 14.3. The number of aromatic nitrogens is 1. The number of amides is 2. The van der Waals surface area contributed by atoms with Gasteiger partial charge in [0.05, 0.1) is 21.8 Å². The van der Waals surface area contributed by atoms with Crippen LogP contribution in [-0.2, 0) is 6.18 Å². The number of halogens is 6. The van der Waals surface area contributed by atoms with E-state index in [-0.39, 0.29) is 6.04 Å². The third-order valence-electron chi connectivity index (χ3n) is 3.72. The molecule has 5 nitrogen and oxygen atoms in total. The van der Waals surface area contributed by atoms with Crippen LogP contribution in [0.1, 0.15) is 33.3 Å². The first kappa shape index (κ1) is 23.9. The predicted octanol–water partition coefficient (Wildman–Crippen LogP) is 4.77. The van der Waals surface area contributed by atoms with E-state index in [1.54, 1.807) is 13.2 Å². The van der Waals surface area contributed by atoms with E-state index in [4.69, 9.17) is 11.6 Å².